The summed E-state index contributed by atoms with van der Waals surface area (Å²) in [5, 5.41) is 18.8. The maximum Gasteiger partial charge on any atom is 0.0695 e. The molecule has 1 aliphatic carbocycles. The summed E-state index contributed by atoms with van der Waals surface area (Å²) in [5.41, 5.74) is 0. The first-order chi connectivity index (χ1) is 6.81. The summed E-state index contributed by atoms with van der Waals surface area (Å²) in [5.74, 6) is 0.504. The van der Waals surface area contributed by atoms with E-state index in [4.69, 9.17) is 5.11 Å². The lowest BCUT2D eigenvalue weighted by molar-refractivity contribution is 0.0395. The van der Waals surface area contributed by atoms with Crippen LogP contribution in [0.15, 0.2) is 0 Å². The van der Waals surface area contributed by atoms with Crippen molar-refractivity contribution in [2.24, 2.45) is 5.92 Å². The van der Waals surface area contributed by atoms with Crippen LogP contribution in [0.25, 0.3) is 0 Å². The van der Waals surface area contributed by atoms with Gasteiger partial charge in [-0.05, 0) is 51.1 Å². The summed E-state index contributed by atoms with van der Waals surface area (Å²) in [4.78, 5) is 2.42. The summed E-state index contributed by atoms with van der Waals surface area (Å²) in [7, 11) is 0. The lowest BCUT2D eigenvalue weighted by atomic mass is 9.96. The number of likely N-dealkylation sites (tertiary alicyclic amines) is 1. The average Bonchev–Trinajstić information content (AvgIpc) is 2.65. The normalized spacial score (nSPS) is 36.4. The Morgan fingerprint density at radius 1 is 1.07 bits per heavy atom. The quantitative estimate of drug-likeness (QED) is 0.684. The fraction of sp³-hybridized carbons (Fsp3) is 1.00. The Morgan fingerprint density at radius 3 is 2.29 bits per heavy atom. The molecule has 1 saturated carbocycles. The standard InChI is InChI=1S/C11H21NO2/c13-8-9-4-6-12(7-5-9)10-2-1-3-11(10)14/h9-11,13-14H,1-8H2/t10-,11-/m0/s1. The van der Waals surface area contributed by atoms with E-state index >= 15 is 0 Å². The van der Waals surface area contributed by atoms with Gasteiger partial charge in [-0.25, -0.2) is 0 Å². The summed E-state index contributed by atoms with van der Waals surface area (Å²) in [6, 6.07) is 0.412. The van der Waals surface area contributed by atoms with Gasteiger partial charge in [-0.1, -0.05) is 0 Å². The van der Waals surface area contributed by atoms with Crippen LogP contribution < -0.4 is 0 Å². The molecular weight excluding hydrogens is 178 g/mol. The molecule has 1 aliphatic heterocycles. The average molecular weight is 199 g/mol. The molecule has 2 rings (SSSR count). The van der Waals surface area contributed by atoms with Crippen molar-refractivity contribution in [1.82, 2.24) is 4.90 Å². The van der Waals surface area contributed by atoms with Crippen LogP contribution in [0.4, 0.5) is 0 Å². The lowest BCUT2D eigenvalue weighted by Gasteiger charge is -2.36. The second kappa shape index (κ2) is 4.60. The van der Waals surface area contributed by atoms with Crippen molar-refractivity contribution < 1.29 is 10.2 Å². The van der Waals surface area contributed by atoms with Gasteiger partial charge in [-0.3, -0.25) is 4.90 Å². The Labute approximate surface area is 85.7 Å². The number of hydrogen-bond acceptors (Lipinski definition) is 3. The second-order valence-corrected chi connectivity index (χ2v) is 4.73. The molecule has 2 aliphatic rings. The number of hydrogen-bond donors (Lipinski definition) is 2. The molecule has 0 radical (unpaired) electrons. The van der Waals surface area contributed by atoms with Crippen LogP contribution in [-0.2, 0) is 0 Å². The summed E-state index contributed by atoms with van der Waals surface area (Å²) < 4.78 is 0. The fourth-order valence-corrected chi connectivity index (χ4v) is 2.81. The maximum atomic E-state index is 9.77. The summed E-state index contributed by atoms with van der Waals surface area (Å²) in [6.45, 7) is 2.46. The predicted molar refractivity (Wildman–Crippen MR) is 55.0 cm³/mol. The number of piperidine rings is 1. The first-order valence-corrected chi connectivity index (χ1v) is 5.84. The van der Waals surface area contributed by atoms with E-state index in [1.807, 2.05) is 0 Å². The molecular formula is C11H21NO2. The van der Waals surface area contributed by atoms with Gasteiger partial charge >= 0.3 is 0 Å². The largest absolute Gasteiger partial charge is 0.396 e. The maximum absolute atomic E-state index is 9.77. The van der Waals surface area contributed by atoms with Crippen LogP contribution in [0.3, 0.4) is 0 Å². The van der Waals surface area contributed by atoms with E-state index in [1.165, 1.54) is 6.42 Å². The molecule has 0 amide bonds. The Kier molecular flexibility index (Phi) is 3.42. The molecule has 0 aromatic heterocycles. The van der Waals surface area contributed by atoms with Crippen molar-refractivity contribution in [3.63, 3.8) is 0 Å². The number of nitrogens with zero attached hydrogens (tertiary/aromatic N) is 1. The van der Waals surface area contributed by atoms with E-state index in [0.29, 0.717) is 18.6 Å². The lowest BCUT2D eigenvalue weighted by Crippen LogP contribution is -2.45. The Bertz CT molecular complexity index is 178. The highest BCUT2D eigenvalue weighted by molar-refractivity contribution is 4.87. The zero-order valence-electron chi connectivity index (χ0n) is 8.73. The SMILES string of the molecule is OCC1CCN([C@H]2CCC[C@@H]2O)CC1. The first kappa shape index (κ1) is 10.4. The van der Waals surface area contributed by atoms with Gasteiger partial charge in [0.15, 0.2) is 0 Å². The molecule has 1 saturated heterocycles. The van der Waals surface area contributed by atoms with Crippen LogP contribution in [0.5, 0.6) is 0 Å². The molecule has 0 aromatic carbocycles. The zero-order valence-corrected chi connectivity index (χ0v) is 8.73. The van der Waals surface area contributed by atoms with E-state index in [1.54, 1.807) is 0 Å². The number of aliphatic hydroxyl groups is 2. The van der Waals surface area contributed by atoms with Crippen molar-refractivity contribution in [3.8, 4) is 0 Å². The number of rotatable bonds is 2. The molecule has 0 aromatic rings. The van der Waals surface area contributed by atoms with E-state index in [9.17, 15) is 5.11 Å². The van der Waals surface area contributed by atoms with Crippen molar-refractivity contribution in [3.05, 3.63) is 0 Å². The molecule has 1 heterocycles. The molecule has 3 nitrogen and oxygen atoms in total. The third-order valence-electron chi connectivity index (χ3n) is 3.82. The van der Waals surface area contributed by atoms with Crippen molar-refractivity contribution in [1.29, 1.82) is 0 Å². The van der Waals surface area contributed by atoms with E-state index in [0.717, 1.165) is 38.8 Å². The number of aliphatic hydroxyl groups excluding tert-OH is 2. The molecule has 0 bridgehead atoms. The molecule has 2 atom stereocenters. The molecule has 3 heteroatoms. The zero-order chi connectivity index (χ0) is 9.97. The predicted octanol–water partition coefficient (Wildman–Crippen LogP) is 0.604. The first-order valence-electron chi connectivity index (χ1n) is 5.84. The third-order valence-corrected chi connectivity index (χ3v) is 3.82. The van der Waals surface area contributed by atoms with Gasteiger partial charge < -0.3 is 10.2 Å². The van der Waals surface area contributed by atoms with Gasteiger partial charge in [-0.15, -0.1) is 0 Å². The smallest absolute Gasteiger partial charge is 0.0695 e. The minimum absolute atomic E-state index is 0.0966. The fourth-order valence-electron chi connectivity index (χ4n) is 2.81. The van der Waals surface area contributed by atoms with E-state index in [2.05, 4.69) is 4.90 Å². The van der Waals surface area contributed by atoms with Crippen LogP contribution in [-0.4, -0.2) is 47.0 Å². The monoisotopic (exact) mass is 199 g/mol. The highest BCUT2D eigenvalue weighted by Gasteiger charge is 2.32. The Hall–Kier alpha value is -0.120. The molecule has 0 unspecified atom stereocenters. The van der Waals surface area contributed by atoms with Crippen LogP contribution in [0, 0.1) is 5.92 Å². The van der Waals surface area contributed by atoms with E-state index < -0.39 is 0 Å². The van der Waals surface area contributed by atoms with Gasteiger partial charge in [0.25, 0.3) is 0 Å². The highest BCUT2D eigenvalue weighted by atomic mass is 16.3. The van der Waals surface area contributed by atoms with Gasteiger partial charge in [0.05, 0.1) is 6.10 Å². The molecule has 14 heavy (non-hydrogen) atoms. The van der Waals surface area contributed by atoms with Crippen LogP contribution >= 0.6 is 0 Å². The van der Waals surface area contributed by atoms with E-state index in [-0.39, 0.29) is 6.10 Å². The molecule has 2 N–H and O–H groups in total. The minimum Gasteiger partial charge on any atom is -0.396 e. The van der Waals surface area contributed by atoms with Crippen molar-refractivity contribution in [2.75, 3.05) is 19.7 Å². The van der Waals surface area contributed by atoms with Crippen LogP contribution in [0.1, 0.15) is 32.1 Å². The highest BCUT2D eigenvalue weighted by Crippen LogP contribution is 2.27. The third kappa shape index (κ3) is 2.10. The van der Waals surface area contributed by atoms with Gasteiger partial charge in [-0.2, -0.15) is 0 Å². The Balaban J connectivity index is 1.82. The van der Waals surface area contributed by atoms with Crippen molar-refractivity contribution in [2.45, 2.75) is 44.2 Å². The topological polar surface area (TPSA) is 43.7 Å². The van der Waals surface area contributed by atoms with Crippen molar-refractivity contribution >= 4 is 0 Å². The summed E-state index contributed by atoms with van der Waals surface area (Å²) in [6.07, 6.45) is 5.40. The van der Waals surface area contributed by atoms with Gasteiger partial charge in [0.1, 0.15) is 0 Å². The molecule has 0 spiro atoms. The second-order valence-electron chi connectivity index (χ2n) is 4.73. The van der Waals surface area contributed by atoms with Gasteiger partial charge in [0, 0.05) is 12.6 Å². The minimum atomic E-state index is -0.0966. The summed E-state index contributed by atoms with van der Waals surface area (Å²) >= 11 is 0. The van der Waals surface area contributed by atoms with Crippen LogP contribution in [0.2, 0.25) is 0 Å². The molecule has 82 valence electrons. The van der Waals surface area contributed by atoms with Gasteiger partial charge in [0.2, 0.25) is 0 Å². The molecule has 2 fully saturated rings. The Morgan fingerprint density at radius 2 is 1.79 bits per heavy atom.